The van der Waals surface area contributed by atoms with Gasteiger partial charge in [-0.15, -0.1) is 0 Å². The van der Waals surface area contributed by atoms with Gasteiger partial charge in [-0.25, -0.2) is 4.79 Å². The first-order chi connectivity index (χ1) is 6.69. The zero-order valence-corrected chi connectivity index (χ0v) is 8.58. The number of imide groups is 1. The van der Waals surface area contributed by atoms with Crippen LogP contribution >= 0.6 is 0 Å². The van der Waals surface area contributed by atoms with Crippen molar-refractivity contribution in [3.63, 3.8) is 0 Å². The third kappa shape index (κ3) is 2.45. The fourth-order valence-electron chi connectivity index (χ4n) is 1.61. The first-order valence-corrected chi connectivity index (χ1v) is 4.78. The number of methoxy groups -OCH3 is 1. The zero-order chi connectivity index (χ0) is 10.6. The third-order valence-electron chi connectivity index (χ3n) is 2.24. The van der Waals surface area contributed by atoms with Crippen molar-refractivity contribution in [2.24, 2.45) is 0 Å². The number of amides is 3. The van der Waals surface area contributed by atoms with Crippen LogP contribution in [-0.4, -0.2) is 43.1 Å². The van der Waals surface area contributed by atoms with Crippen molar-refractivity contribution < 1.29 is 14.3 Å². The van der Waals surface area contributed by atoms with E-state index in [1.54, 1.807) is 7.11 Å². The van der Waals surface area contributed by atoms with Crippen LogP contribution in [0.3, 0.4) is 0 Å². The molecule has 1 aliphatic heterocycles. The van der Waals surface area contributed by atoms with Crippen LogP contribution in [-0.2, 0) is 9.53 Å². The Morgan fingerprint density at radius 1 is 1.57 bits per heavy atom. The number of nitrogens with zero attached hydrogens (tertiary/aromatic N) is 1. The van der Waals surface area contributed by atoms with E-state index in [2.05, 4.69) is 5.32 Å². The highest BCUT2D eigenvalue weighted by molar-refractivity contribution is 6.02. The summed E-state index contributed by atoms with van der Waals surface area (Å²) in [5.41, 5.74) is 0. The average Bonchev–Trinajstić information content (AvgIpc) is 2.45. The molecule has 1 unspecified atom stereocenters. The van der Waals surface area contributed by atoms with Gasteiger partial charge in [0.1, 0.15) is 6.54 Å². The number of rotatable bonds is 5. The molecule has 5 heteroatoms. The molecule has 1 saturated heterocycles. The highest BCUT2D eigenvalue weighted by atomic mass is 16.5. The van der Waals surface area contributed by atoms with Crippen molar-refractivity contribution in [3.05, 3.63) is 0 Å². The monoisotopic (exact) mass is 200 g/mol. The number of carbonyl (C=O) groups excluding carboxylic acids is 2. The predicted octanol–water partition coefficient (Wildman–Crippen LogP) is 0.353. The fourth-order valence-corrected chi connectivity index (χ4v) is 1.61. The van der Waals surface area contributed by atoms with Crippen molar-refractivity contribution in [1.82, 2.24) is 10.2 Å². The Morgan fingerprint density at radius 2 is 2.29 bits per heavy atom. The second kappa shape index (κ2) is 4.95. The van der Waals surface area contributed by atoms with E-state index in [1.165, 1.54) is 4.90 Å². The van der Waals surface area contributed by atoms with Crippen molar-refractivity contribution in [2.45, 2.75) is 25.8 Å². The Hall–Kier alpha value is -1.10. The maximum atomic E-state index is 11.3. The van der Waals surface area contributed by atoms with Gasteiger partial charge in [0.25, 0.3) is 0 Å². The summed E-state index contributed by atoms with van der Waals surface area (Å²) in [5.74, 6) is -0.229. The molecule has 0 bridgehead atoms. The van der Waals surface area contributed by atoms with E-state index in [-0.39, 0.29) is 24.5 Å². The molecular weight excluding hydrogens is 184 g/mol. The second-order valence-corrected chi connectivity index (χ2v) is 3.38. The number of carbonyl (C=O) groups is 2. The average molecular weight is 200 g/mol. The summed E-state index contributed by atoms with van der Waals surface area (Å²) in [7, 11) is 1.60. The lowest BCUT2D eigenvalue weighted by Gasteiger charge is -2.24. The highest BCUT2D eigenvalue weighted by Gasteiger charge is 2.31. The van der Waals surface area contributed by atoms with Gasteiger partial charge >= 0.3 is 6.03 Å². The van der Waals surface area contributed by atoms with Gasteiger partial charge in [-0.05, 0) is 6.42 Å². The molecule has 80 valence electrons. The highest BCUT2D eigenvalue weighted by Crippen LogP contribution is 2.11. The molecule has 0 aromatic rings. The van der Waals surface area contributed by atoms with Crippen LogP contribution in [0.2, 0.25) is 0 Å². The Labute approximate surface area is 83.4 Å². The van der Waals surface area contributed by atoms with Gasteiger partial charge in [0, 0.05) is 7.11 Å². The molecule has 1 rings (SSSR count). The molecule has 14 heavy (non-hydrogen) atoms. The first kappa shape index (κ1) is 11.0. The van der Waals surface area contributed by atoms with Crippen molar-refractivity contribution in [3.8, 4) is 0 Å². The number of hydrogen-bond acceptors (Lipinski definition) is 3. The SMILES string of the molecule is CCCC(COC)N1CC(=O)NC1=O. The van der Waals surface area contributed by atoms with Crippen LogP contribution in [0.15, 0.2) is 0 Å². The minimum Gasteiger partial charge on any atom is -0.383 e. The molecule has 1 N–H and O–H groups in total. The molecule has 1 fully saturated rings. The lowest BCUT2D eigenvalue weighted by atomic mass is 10.1. The molecule has 0 aromatic carbocycles. The molecule has 0 aromatic heterocycles. The molecule has 5 nitrogen and oxygen atoms in total. The zero-order valence-electron chi connectivity index (χ0n) is 8.58. The summed E-state index contributed by atoms with van der Waals surface area (Å²) in [5, 5.41) is 2.26. The summed E-state index contributed by atoms with van der Waals surface area (Å²) in [6.07, 6.45) is 1.82. The van der Waals surface area contributed by atoms with Crippen molar-refractivity contribution in [2.75, 3.05) is 20.3 Å². The predicted molar refractivity (Wildman–Crippen MR) is 50.8 cm³/mol. The Kier molecular flexibility index (Phi) is 3.88. The molecule has 0 radical (unpaired) electrons. The van der Waals surface area contributed by atoms with Crippen molar-refractivity contribution in [1.29, 1.82) is 0 Å². The molecule has 1 atom stereocenters. The third-order valence-corrected chi connectivity index (χ3v) is 2.24. The number of hydrogen-bond donors (Lipinski definition) is 1. The van der Waals surface area contributed by atoms with E-state index in [1.807, 2.05) is 6.92 Å². The summed E-state index contributed by atoms with van der Waals surface area (Å²) in [6.45, 7) is 2.68. The molecule has 0 spiro atoms. The molecule has 0 aliphatic carbocycles. The van der Waals surface area contributed by atoms with Crippen LogP contribution in [0.4, 0.5) is 4.79 Å². The van der Waals surface area contributed by atoms with Gasteiger partial charge < -0.3 is 9.64 Å². The summed E-state index contributed by atoms with van der Waals surface area (Å²) in [4.78, 5) is 23.8. The Balaban J connectivity index is 2.58. The molecule has 0 saturated carbocycles. The van der Waals surface area contributed by atoms with Gasteiger partial charge in [-0.2, -0.15) is 0 Å². The van der Waals surface area contributed by atoms with Crippen LogP contribution in [0.5, 0.6) is 0 Å². The van der Waals surface area contributed by atoms with Crippen LogP contribution < -0.4 is 5.32 Å². The van der Waals surface area contributed by atoms with Crippen LogP contribution in [0.25, 0.3) is 0 Å². The smallest absolute Gasteiger partial charge is 0.324 e. The lowest BCUT2D eigenvalue weighted by Crippen LogP contribution is -2.40. The largest absolute Gasteiger partial charge is 0.383 e. The quantitative estimate of drug-likeness (QED) is 0.651. The lowest BCUT2D eigenvalue weighted by molar-refractivity contribution is -0.118. The molecule has 1 aliphatic rings. The van der Waals surface area contributed by atoms with Gasteiger partial charge in [0.15, 0.2) is 0 Å². The van der Waals surface area contributed by atoms with Gasteiger partial charge in [0.2, 0.25) is 5.91 Å². The number of ether oxygens (including phenoxy) is 1. The molecule has 3 amide bonds. The standard InChI is InChI=1S/C9H16N2O3/c1-3-4-7(6-14-2)11-5-8(12)10-9(11)13/h7H,3-6H2,1-2H3,(H,10,12,13). The maximum absolute atomic E-state index is 11.3. The van der Waals surface area contributed by atoms with Gasteiger partial charge in [-0.1, -0.05) is 13.3 Å². The number of urea groups is 1. The maximum Gasteiger partial charge on any atom is 0.324 e. The molecule has 1 heterocycles. The topological polar surface area (TPSA) is 58.6 Å². The first-order valence-electron chi connectivity index (χ1n) is 4.78. The van der Waals surface area contributed by atoms with E-state index in [4.69, 9.17) is 4.74 Å². The normalized spacial score (nSPS) is 18.6. The van der Waals surface area contributed by atoms with E-state index < -0.39 is 0 Å². The fraction of sp³-hybridized carbons (Fsp3) is 0.778. The van der Waals surface area contributed by atoms with E-state index in [0.717, 1.165) is 12.8 Å². The van der Waals surface area contributed by atoms with Crippen LogP contribution in [0.1, 0.15) is 19.8 Å². The van der Waals surface area contributed by atoms with Gasteiger partial charge in [0.05, 0.1) is 12.6 Å². The van der Waals surface area contributed by atoms with E-state index in [9.17, 15) is 9.59 Å². The summed E-state index contributed by atoms with van der Waals surface area (Å²) in [6, 6.07) is -0.290. The summed E-state index contributed by atoms with van der Waals surface area (Å²) >= 11 is 0. The number of nitrogens with one attached hydrogen (secondary N) is 1. The van der Waals surface area contributed by atoms with Crippen molar-refractivity contribution >= 4 is 11.9 Å². The van der Waals surface area contributed by atoms with E-state index >= 15 is 0 Å². The Bertz CT molecular complexity index is 224. The Morgan fingerprint density at radius 3 is 2.71 bits per heavy atom. The minimum absolute atomic E-state index is 0.0106. The van der Waals surface area contributed by atoms with Crippen LogP contribution in [0, 0.1) is 0 Å². The minimum atomic E-state index is -0.300. The van der Waals surface area contributed by atoms with E-state index in [0.29, 0.717) is 6.61 Å². The summed E-state index contributed by atoms with van der Waals surface area (Å²) < 4.78 is 5.02. The molecular formula is C9H16N2O3. The van der Waals surface area contributed by atoms with Gasteiger partial charge in [-0.3, -0.25) is 10.1 Å². The second-order valence-electron chi connectivity index (χ2n) is 3.38.